The number of hydrogen-bond acceptors (Lipinski definition) is 4. The highest BCUT2D eigenvalue weighted by molar-refractivity contribution is 7.89. The summed E-state index contributed by atoms with van der Waals surface area (Å²) in [6, 6.07) is 20.1. The van der Waals surface area contributed by atoms with Crippen LogP contribution in [-0.2, 0) is 10.0 Å². The van der Waals surface area contributed by atoms with Gasteiger partial charge in [0, 0.05) is 24.0 Å². The van der Waals surface area contributed by atoms with Crippen molar-refractivity contribution in [3.05, 3.63) is 72.3 Å². The van der Waals surface area contributed by atoms with Crippen LogP contribution in [0.1, 0.15) is 30.1 Å². The molecule has 1 N–H and O–H groups in total. The third-order valence-corrected chi connectivity index (χ3v) is 7.77. The van der Waals surface area contributed by atoms with E-state index < -0.39 is 10.0 Å². The Balaban J connectivity index is 1.36. The van der Waals surface area contributed by atoms with E-state index >= 15 is 0 Å². The van der Waals surface area contributed by atoms with Crippen molar-refractivity contribution in [2.45, 2.75) is 24.7 Å². The van der Waals surface area contributed by atoms with Crippen LogP contribution in [0.4, 0.5) is 0 Å². The average Bonchev–Trinajstić information content (AvgIpc) is 2.82. The second-order valence-corrected chi connectivity index (χ2v) is 10.1. The highest BCUT2D eigenvalue weighted by Crippen LogP contribution is 2.25. The summed E-state index contributed by atoms with van der Waals surface area (Å²) in [5.41, 5.74) is 0.321. The number of carbonyl (C=O) groups excluding carboxylic acids is 1. The first-order valence-corrected chi connectivity index (χ1v) is 12.4. The van der Waals surface area contributed by atoms with Crippen LogP contribution in [0.25, 0.3) is 10.8 Å². The predicted molar refractivity (Wildman–Crippen MR) is 125 cm³/mol. The zero-order valence-corrected chi connectivity index (χ0v) is 19.0. The summed E-state index contributed by atoms with van der Waals surface area (Å²) < 4.78 is 33.3. The highest BCUT2D eigenvalue weighted by Gasteiger charge is 2.28. The van der Waals surface area contributed by atoms with Gasteiger partial charge in [-0.15, -0.1) is 0 Å². The van der Waals surface area contributed by atoms with Crippen LogP contribution < -0.4 is 10.1 Å². The molecule has 3 aromatic rings. The van der Waals surface area contributed by atoms with Crippen LogP contribution in [0.15, 0.2) is 71.6 Å². The molecule has 1 aliphatic rings. The van der Waals surface area contributed by atoms with Crippen molar-refractivity contribution >= 4 is 26.7 Å². The van der Waals surface area contributed by atoms with Gasteiger partial charge in [-0.1, -0.05) is 49.4 Å². The molecule has 1 amide bonds. The van der Waals surface area contributed by atoms with Crippen LogP contribution >= 0.6 is 0 Å². The third kappa shape index (κ3) is 4.95. The Morgan fingerprint density at radius 1 is 1.03 bits per heavy atom. The van der Waals surface area contributed by atoms with Gasteiger partial charge in [0.25, 0.3) is 5.91 Å². The summed E-state index contributed by atoms with van der Waals surface area (Å²) in [5.74, 6) is 0.979. The molecule has 1 fully saturated rings. The van der Waals surface area contributed by atoms with E-state index in [9.17, 15) is 13.2 Å². The lowest BCUT2D eigenvalue weighted by Gasteiger charge is -2.29. The minimum absolute atomic E-state index is 0.159. The van der Waals surface area contributed by atoms with E-state index in [1.165, 1.54) is 10.4 Å². The summed E-state index contributed by atoms with van der Waals surface area (Å²) >= 11 is 0. The van der Waals surface area contributed by atoms with E-state index in [0.29, 0.717) is 37.7 Å². The number of sulfonamides is 1. The predicted octanol–water partition coefficient (Wildman–Crippen LogP) is 4.07. The van der Waals surface area contributed by atoms with Crippen molar-refractivity contribution in [3.8, 4) is 5.75 Å². The van der Waals surface area contributed by atoms with Gasteiger partial charge < -0.3 is 10.1 Å². The normalized spacial score (nSPS) is 15.5. The van der Waals surface area contributed by atoms with Gasteiger partial charge in [-0.3, -0.25) is 4.79 Å². The fourth-order valence-electron chi connectivity index (χ4n) is 3.92. The van der Waals surface area contributed by atoms with Gasteiger partial charge in [0.1, 0.15) is 12.4 Å². The maximum atomic E-state index is 13.0. The van der Waals surface area contributed by atoms with E-state index in [1.54, 1.807) is 18.2 Å². The maximum Gasteiger partial charge on any atom is 0.251 e. The fourth-order valence-corrected chi connectivity index (χ4v) is 5.44. The Labute approximate surface area is 189 Å². The van der Waals surface area contributed by atoms with Crippen LogP contribution in [0.3, 0.4) is 0 Å². The smallest absolute Gasteiger partial charge is 0.251 e. The molecule has 32 heavy (non-hydrogen) atoms. The molecular weight excluding hydrogens is 424 g/mol. The summed E-state index contributed by atoms with van der Waals surface area (Å²) in [4.78, 5) is 12.8. The number of nitrogens with zero attached hydrogens (tertiary/aromatic N) is 1. The second kappa shape index (κ2) is 9.71. The molecule has 0 atom stereocenters. The minimum Gasteiger partial charge on any atom is -0.491 e. The number of piperidine rings is 1. The number of ether oxygens (including phenoxy) is 1. The summed E-state index contributed by atoms with van der Waals surface area (Å²) in [6.07, 6.45) is 1.71. The Kier molecular flexibility index (Phi) is 6.77. The molecule has 168 valence electrons. The quantitative estimate of drug-likeness (QED) is 0.549. The zero-order valence-electron chi connectivity index (χ0n) is 18.2. The Bertz CT molecular complexity index is 1200. The first-order valence-electron chi connectivity index (χ1n) is 10.9. The van der Waals surface area contributed by atoms with E-state index in [4.69, 9.17) is 4.74 Å². The molecule has 4 rings (SSSR count). The van der Waals surface area contributed by atoms with Crippen LogP contribution in [-0.4, -0.2) is 44.9 Å². The van der Waals surface area contributed by atoms with Gasteiger partial charge in [0.2, 0.25) is 10.0 Å². The van der Waals surface area contributed by atoms with Gasteiger partial charge in [0.05, 0.1) is 11.4 Å². The van der Waals surface area contributed by atoms with Crippen molar-refractivity contribution in [2.24, 2.45) is 5.92 Å². The molecule has 3 aromatic carbocycles. The van der Waals surface area contributed by atoms with Crippen molar-refractivity contribution in [3.63, 3.8) is 0 Å². The van der Waals surface area contributed by atoms with Crippen LogP contribution in [0.5, 0.6) is 5.75 Å². The number of rotatable bonds is 7. The average molecular weight is 453 g/mol. The molecule has 1 heterocycles. The molecule has 0 spiro atoms. The molecule has 1 aliphatic heterocycles. The second-order valence-electron chi connectivity index (χ2n) is 8.20. The number of amides is 1. The molecule has 0 radical (unpaired) electrons. The lowest BCUT2D eigenvalue weighted by molar-refractivity contribution is 0.0947. The summed E-state index contributed by atoms with van der Waals surface area (Å²) in [7, 11) is -3.59. The van der Waals surface area contributed by atoms with Crippen molar-refractivity contribution < 1.29 is 17.9 Å². The van der Waals surface area contributed by atoms with Crippen LogP contribution in [0.2, 0.25) is 0 Å². The molecule has 0 saturated carbocycles. The third-order valence-electron chi connectivity index (χ3n) is 5.87. The standard InChI is InChI=1S/C25H28N2O4S/c1-19-12-15-27(16-13-19)32(29,30)22-9-4-8-21(18-22)25(28)26-14-17-31-24-11-5-7-20-6-2-3-10-23(20)24/h2-11,18-19H,12-17H2,1H3,(H,26,28). The topological polar surface area (TPSA) is 75.7 Å². The molecule has 1 saturated heterocycles. The van der Waals surface area contributed by atoms with E-state index in [-0.39, 0.29) is 10.8 Å². The fraction of sp³-hybridized carbons (Fsp3) is 0.320. The van der Waals surface area contributed by atoms with Gasteiger partial charge in [0.15, 0.2) is 0 Å². The highest BCUT2D eigenvalue weighted by atomic mass is 32.2. The van der Waals surface area contributed by atoms with Gasteiger partial charge in [-0.05, 0) is 48.4 Å². The van der Waals surface area contributed by atoms with Gasteiger partial charge in [-0.25, -0.2) is 8.42 Å². The molecular formula is C25H28N2O4S. The molecule has 0 unspecified atom stereocenters. The molecule has 0 bridgehead atoms. The number of carbonyl (C=O) groups is 1. The number of nitrogens with one attached hydrogen (secondary N) is 1. The van der Waals surface area contributed by atoms with Crippen molar-refractivity contribution in [2.75, 3.05) is 26.2 Å². The first kappa shape index (κ1) is 22.3. The zero-order chi connectivity index (χ0) is 22.6. The Hall–Kier alpha value is -2.90. The van der Waals surface area contributed by atoms with Crippen molar-refractivity contribution in [1.29, 1.82) is 0 Å². The van der Waals surface area contributed by atoms with Gasteiger partial charge in [-0.2, -0.15) is 4.31 Å². The first-order chi connectivity index (χ1) is 15.4. The van der Waals surface area contributed by atoms with Gasteiger partial charge >= 0.3 is 0 Å². The molecule has 0 aliphatic carbocycles. The monoisotopic (exact) mass is 452 g/mol. The largest absolute Gasteiger partial charge is 0.491 e. The maximum absolute atomic E-state index is 13.0. The lowest BCUT2D eigenvalue weighted by atomic mass is 10.0. The lowest BCUT2D eigenvalue weighted by Crippen LogP contribution is -2.38. The molecule has 0 aromatic heterocycles. The number of hydrogen-bond donors (Lipinski definition) is 1. The Morgan fingerprint density at radius 3 is 2.56 bits per heavy atom. The van der Waals surface area contributed by atoms with Crippen molar-refractivity contribution in [1.82, 2.24) is 9.62 Å². The molecule has 7 heteroatoms. The number of fused-ring (bicyclic) bond motifs is 1. The van der Waals surface area contributed by atoms with E-state index in [0.717, 1.165) is 29.4 Å². The SMILES string of the molecule is CC1CCN(S(=O)(=O)c2cccc(C(=O)NCCOc3cccc4ccccc34)c2)CC1. The van der Waals surface area contributed by atoms with E-state index in [1.807, 2.05) is 42.5 Å². The molecule has 6 nitrogen and oxygen atoms in total. The minimum atomic E-state index is -3.59. The van der Waals surface area contributed by atoms with Crippen LogP contribution in [0, 0.1) is 5.92 Å². The van der Waals surface area contributed by atoms with E-state index in [2.05, 4.69) is 12.2 Å². The number of benzene rings is 3. The Morgan fingerprint density at radius 2 is 1.75 bits per heavy atom. The summed E-state index contributed by atoms with van der Waals surface area (Å²) in [6.45, 7) is 3.79. The summed E-state index contributed by atoms with van der Waals surface area (Å²) in [5, 5.41) is 4.92.